The third-order valence-electron chi connectivity index (χ3n) is 2.80. The Morgan fingerprint density at radius 3 is 2.41 bits per heavy atom. The maximum absolute atomic E-state index is 13.6. The van der Waals surface area contributed by atoms with Gasteiger partial charge in [-0.25, -0.2) is 4.39 Å². The van der Waals surface area contributed by atoms with E-state index in [1.165, 1.54) is 6.07 Å². The Kier molecular flexibility index (Phi) is 3.40. The Labute approximate surface area is 100 Å². The fourth-order valence-corrected chi connectivity index (χ4v) is 1.85. The second-order valence-corrected chi connectivity index (χ2v) is 3.84. The van der Waals surface area contributed by atoms with E-state index in [0.29, 0.717) is 5.56 Å². The summed E-state index contributed by atoms with van der Waals surface area (Å²) in [7, 11) is 1.91. The summed E-state index contributed by atoms with van der Waals surface area (Å²) in [4.78, 5) is 1.94. The molecule has 2 aromatic carbocycles. The van der Waals surface area contributed by atoms with E-state index in [2.05, 4.69) is 0 Å². The lowest BCUT2D eigenvalue weighted by Crippen LogP contribution is -2.14. The zero-order chi connectivity index (χ0) is 12.3. The SMILES string of the molecule is CN(c1ccccc1)c1cccc(F)c1CN. The molecule has 0 unspecified atom stereocenters. The van der Waals surface area contributed by atoms with Crippen LogP contribution in [0.2, 0.25) is 0 Å². The van der Waals surface area contributed by atoms with Gasteiger partial charge in [0.25, 0.3) is 0 Å². The van der Waals surface area contributed by atoms with Gasteiger partial charge in [0.1, 0.15) is 5.82 Å². The number of hydrogen-bond donors (Lipinski definition) is 1. The van der Waals surface area contributed by atoms with E-state index in [1.807, 2.05) is 48.3 Å². The molecule has 0 saturated heterocycles. The van der Waals surface area contributed by atoms with Gasteiger partial charge in [0.05, 0.1) is 0 Å². The maximum Gasteiger partial charge on any atom is 0.129 e. The van der Waals surface area contributed by atoms with Crippen LogP contribution < -0.4 is 10.6 Å². The van der Waals surface area contributed by atoms with Crippen LogP contribution in [0.5, 0.6) is 0 Å². The van der Waals surface area contributed by atoms with Crippen LogP contribution in [0.1, 0.15) is 5.56 Å². The van der Waals surface area contributed by atoms with Crippen molar-refractivity contribution in [3.05, 3.63) is 59.9 Å². The van der Waals surface area contributed by atoms with Crippen LogP contribution in [0, 0.1) is 5.82 Å². The summed E-state index contributed by atoms with van der Waals surface area (Å²) in [6.45, 7) is 0.194. The molecule has 0 amide bonds. The normalized spacial score (nSPS) is 10.3. The zero-order valence-electron chi connectivity index (χ0n) is 9.73. The number of nitrogens with zero attached hydrogens (tertiary/aromatic N) is 1. The quantitative estimate of drug-likeness (QED) is 0.878. The van der Waals surface area contributed by atoms with E-state index in [-0.39, 0.29) is 12.4 Å². The average molecular weight is 230 g/mol. The van der Waals surface area contributed by atoms with Gasteiger partial charge in [-0.2, -0.15) is 0 Å². The highest BCUT2D eigenvalue weighted by Gasteiger charge is 2.11. The van der Waals surface area contributed by atoms with Crippen molar-refractivity contribution in [2.24, 2.45) is 5.73 Å². The molecule has 0 aliphatic rings. The predicted octanol–water partition coefficient (Wildman–Crippen LogP) is 3.05. The molecule has 2 rings (SSSR count). The molecule has 2 nitrogen and oxygen atoms in total. The number of benzene rings is 2. The summed E-state index contributed by atoms with van der Waals surface area (Å²) in [5.74, 6) is -0.257. The minimum Gasteiger partial charge on any atom is -0.344 e. The Bertz CT molecular complexity index is 497. The molecular formula is C14H15FN2. The molecule has 0 atom stereocenters. The van der Waals surface area contributed by atoms with Gasteiger partial charge in [0.15, 0.2) is 0 Å². The average Bonchev–Trinajstić information content (AvgIpc) is 2.38. The molecule has 0 heterocycles. The predicted molar refractivity (Wildman–Crippen MR) is 68.8 cm³/mol. The van der Waals surface area contributed by atoms with E-state index < -0.39 is 0 Å². The fraction of sp³-hybridized carbons (Fsp3) is 0.143. The monoisotopic (exact) mass is 230 g/mol. The number of rotatable bonds is 3. The van der Waals surface area contributed by atoms with Crippen molar-refractivity contribution in [1.29, 1.82) is 0 Å². The minimum atomic E-state index is -0.257. The summed E-state index contributed by atoms with van der Waals surface area (Å²) in [6.07, 6.45) is 0. The first-order chi connectivity index (χ1) is 8.24. The highest BCUT2D eigenvalue weighted by molar-refractivity contribution is 5.65. The molecule has 0 radical (unpaired) electrons. The molecule has 2 aromatic rings. The van der Waals surface area contributed by atoms with Crippen LogP contribution in [-0.2, 0) is 6.54 Å². The van der Waals surface area contributed by atoms with Gasteiger partial charge >= 0.3 is 0 Å². The summed E-state index contributed by atoms with van der Waals surface area (Å²) in [5, 5.41) is 0. The summed E-state index contributed by atoms with van der Waals surface area (Å²) >= 11 is 0. The van der Waals surface area contributed by atoms with Crippen LogP contribution >= 0.6 is 0 Å². The molecule has 17 heavy (non-hydrogen) atoms. The standard InChI is InChI=1S/C14H15FN2/c1-17(11-6-3-2-4-7-11)14-9-5-8-13(15)12(14)10-16/h2-9H,10,16H2,1H3. The van der Waals surface area contributed by atoms with Crippen molar-refractivity contribution in [1.82, 2.24) is 0 Å². The third kappa shape index (κ3) is 2.29. The van der Waals surface area contributed by atoms with Crippen LogP contribution in [0.3, 0.4) is 0 Å². The highest BCUT2D eigenvalue weighted by Crippen LogP contribution is 2.27. The first-order valence-electron chi connectivity index (χ1n) is 5.50. The van der Waals surface area contributed by atoms with E-state index >= 15 is 0 Å². The maximum atomic E-state index is 13.6. The Hall–Kier alpha value is -1.87. The lowest BCUT2D eigenvalue weighted by Gasteiger charge is -2.22. The van der Waals surface area contributed by atoms with Crippen LogP contribution in [0.25, 0.3) is 0 Å². The lowest BCUT2D eigenvalue weighted by atomic mass is 10.1. The van der Waals surface area contributed by atoms with E-state index in [0.717, 1.165) is 11.4 Å². The number of nitrogens with two attached hydrogens (primary N) is 1. The van der Waals surface area contributed by atoms with Gasteiger partial charge in [0.2, 0.25) is 0 Å². The third-order valence-corrected chi connectivity index (χ3v) is 2.80. The van der Waals surface area contributed by atoms with Gasteiger partial charge in [0, 0.05) is 30.5 Å². The molecule has 0 bridgehead atoms. The second-order valence-electron chi connectivity index (χ2n) is 3.84. The lowest BCUT2D eigenvalue weighted by molar-refractivity contribution is 0.611. The number of hydrogen-bond acceptors (Lipinski definition) is 2. The molecule has 2 N–H and O–H groups in total. The molecule has 0 spiro atoms. The molecule has 0 saturated carbocycles. The zero-order valence-corrected chi connectivity index (χ0v) is 9.73. The van der Waals surface area contributed by atoms with Gasteiger partial charge in [-0.1, -0.05) is 24.3 Å². The molecule has 0 aromatic heterocycles. The van der Waals surface area contributed by atoms with Crippen LogP contribution in [0.15, 0.2) is 48.5 Å². The smallest absolute Gasteiger partial charge is 0.129 e. The van der Waals surface area contributed by atoms with Crippen molar-refractivity contribution in [2.75, 3.05) is 11.9 Å². The van der Waals surface area contributed by atoms with Crippen molar-refractivity contribution in [2.45, 2.75) is 6.54 Å². The number of para-hydroxylation sites is 1. The van der Waals surface area contributed by atoms with Crippen molar-refractivity contribution >= 4 is 11.4 Å². The van der Waals surface area contributed by atoms with Crippen molar-refractivity contribution in [3.8, 4) is 0 Å². The Balaban J connectivity index is 2.44. The molecular weight excluding hydrogens is 215 g/mol. The van der Waals surface area contributed by atoms with Crippen LogP contribution in [-0.4, -0.2) is 7.05 Å². The first-order valence-corrected chi connectivity index (χ1v) is 5.50. The van der Waals surface area contributed by atoms with Crippen LogP contribution in [0.4, 0.5) is 15.8 Å². The molecule has 3 heteroatoms. The van der Waals surface area contributed by atoms with E-state index in [4.69, 9.17) is 5.73 Å². The van der Waals surface area contributed by atoms with E-state index in [1.54, 1.807) is 6.07 Å². The summed E-state index contributed by atoms with van der Waals surface area (Å²) in [6, 6.07) is 14.8. The molecule has 88 valence electrons. The minimum absolute atomic E-state index is 0.194. The van der Waals surface area contributed by atoms with Crippen molar-refractivity contribution < 1.29 is 4.39 Å². The Morgan fingerprint density at radius 2 is 1.76 bits per heavy atom. The molecule has 0 aliphatic heterocycles. The van der Waals surface area contributed by atoms with Gasteiger partial charge in [-0.3, -0.25) is 0 Å². The fourth-order valence-electron chi connectivity index (χ4n) is 1.85. The number of anilines is 2. The van der Waals surface area contributed by atoms with E-state index in [9.17, 15) is 4.39 Å². The largest absolute Gasteiger partial charge is 0.344 e. The molecule has 0 fully saturated rings. The summed E-state index contributed by atoms with van der Waals surface area (Å²) in [5.41, 5.74) is 7.95. The molecule has 0 aliphatic carbocycles. The van der Waals surface area contributed by atoms with Gasteiger partial charge < -0.3 is 10.6 Å². The summed E-state index contributed by atoms with van der Waals surface area (Å²) < 4.78 is 13.6. The van der Waals surface area contributed by atoms with Crippen molar-refractivity contribution in [3.63, 3.8) is 0 Å². The topological polar surface area (TPSA) is 29.3 Å². The second kappa shape index (κ2) is 4.97. The van der Waals surface area contributed by atoms with Gasteiger partial charge in [-0.15, -0.1) is 0 Å². The van der Waals surface area contributed by atoms with Gasteiger partial charge in [-0.05, 0) is 24.3 Å². The Morgan fingerprint density at radius 1 is 1.06 bits per heavy atom. The first kappa shape index (κ1) is 11.6. The highest BCUT2D eigenvalue weighted by atomic mass is 19.1. The number of halogens is 1.